The van der Waals surface area contributed by atoms with Gasteiger partial charge in [0.15, 0.2) is 0 Å². The largest absolute Gasteiger partial charge is 0.493 e. The molecule has 4 nitrogen and oxygen atoms in total. The van der Waals surface area contributed by atoms with Crippen LogP contribution in [0, 0.1) is 0 Å². The van der Waals surface area contributed by atoms with Gasteiger partial charge in [-0.2, -0.15) is 0 Å². The summed E-state index contributed by atoms with van der Waals surface area (Å²) in [4.78, 5) is 13.5. The summed E-state index contributed by atoms with van der Waals surface area (Å²) in [5.41, 5.74) is 0.237. The van der Waals surface area contributed by atoms with Crippen molar-refractivity contribution in [3.05, 3.63) is 29.8 Å². The SMILES string of the molecule is O=C(O)c1ccccc1OCCCN1CCCCC1. The molecule has 0 unspecified atom stereocenters. The summed E-state index contributed by atoms with van der Waals surface area (Å²) in [6, 6.07) is 6.79. The smallest absolute Gasteiger partial charge is 0.339 e. The Kier molecular flexibility index (Phi) is 5.21. The van der Waals surface area contributed by atoms with Gasteiger partial charge in [-0.15, -0.1) is 0 Å². The predicted molar refractivity (Wildman–Crippen MR) is 73.8 cm³/mol. The average molecular weight is 263 g/mol. The van der Waals surface area contributed by atoms with Crippen LogP contribution < -0.4 is 4.74 Å². The zero-order valence-electron chi connectivity index (χ0n) is 11.2. The van der Waals surface area contributed by atoms with Crippen LogP contribution in [0.3, 0.4) is 0 Å². The van der Waals surface area contributed by atoms with Gasteiger partial charge in [-0.05, 0) is 44.5 Å². The minimum Gasteiger partial charge on any atom is -0.493 e. The molecule has 1 heterocycles. The number of rotatable bonds is 6. The lowest BCUT2D eigenvalue weighted by Crippen LogP contribution is -2.31. The highest BCUT2D eigenvalue weighted by Crippen LogP contribution is 2.18. The number of piperidine rings is 1. The van der Waals surface area contributed by atoms with Crippen molar-refractivity contribution in [2.75, 3.05) is 26.2 Å². The summed E-state index contributed by atoms with van der Waals surface area (Å²) >= 11 is 0. The summed E-state index contributed by atoms with van der Waals surface area (Å²) < 4.78 is 5.58. The number of carbonyl (C=O) groups is 1. The molecule has 0 radical (unpaired) electrons. The van der Waals surface area contributed by atoms with Gasteiger partial charge < -0.3 is 14.7 Å². The van der Waals surface area contributed by atoms with Crippen molar-refractivity contribution in [1.29, 1.82) is 0 Å². The maximum absolute atomic E-state index is 11.0. The Morgan fingerprint density at radius 3 is 2.68 bits per heavy atom. The second-order valence-corrected chi connectivity index (χ2v) is 4.91. The lowest BCUT2D eigenvalue weighted by Gasteiger charge is -2.26. The van der Waals surface area contributed by atoms with E-state index in [1.807, 2.05) is 0 Å². The summed E-state index contributed by atoms with van der Waals surface area (Å²) in [5.74, 6) is -0.472. The second-order valence-electron chi connectivity index (χ2n) is 4.91. The van der Waals surface area contributed by atoms with Crippen LogP contribution in [0.2, 0.25) is 0 Å². The molecule has 1 aromatic rings. The Labute approximate surface area is 114 Å². The van der Waals surface area contributed by atoms with Gasteiger partial charge in [0.05, 0.1) is 6.61 Å². The molecule has 0 saturated carbocycles. The molecule has 0 aromatic heterocycles. The fraction of sp³-hybridized carbons (Fsp3) is 0.533. The number of hydrogen-bond donors (Lipinski definition) is 1. The van der Waals surface area contributed by atoms with Gasteiger partial charge in [0.2, 0.25) is 0 Å². The first kappa shape index (κ1) is 13.9. The van der Waals surface area contributed by atoms with Crippen molar-refractivity contribution in [3.8, 4) is 5.75 Å². The van der Waals surface area contributed by atoms with E-state index in [0.717, 1.165) is 13.0 Å². The lowest BCUT2D eigenvalue weighted by atomic mass is 10.1. The van der Waals surface area contributed by atoms with Gasteiger partial charge in [-0.3, -0.25) is 0 Å². The summed E-state index contributed by atoms with van der Waals surface area (Å²) in [6.45, 7) is 3.98. The van der Waals surface area contributed by atoms with Crippen molar-refractivity contribution in [1.82, 2.24) is 4.90 Å². The van der Waals surface area contributed by atoms with Crippen molar-refractivity contribution in [2.45, 2.75) is 25.7 Å². The lowest BCUT2D eigenvalue weighted by molar-refractivity contribution is 0.0692. The topological polar surface area (TPSA) is 49.8 Å². The van der Waals surface area contributed by atoms with Crippen molar-refractivity contribution >= 4 is 5.97 Å². The maximum atomic E-state index is 11.0. The fourth-order valence-corrected chi connectivity index (χ4v) is 2.42. The van der Waals surface area contributed by atoms with Gasteiger partial charge in [-0.1, -0.05) is 18.6 Å². The molecule has 1 saturated heterocycles. The molecular formula is C15H21NO3. The van der Waals surface area contributed by atoms with Crippen LogP contribution in [0.1, 0.15) is 36.0 Å². The third-order valence-corrected chi connectivity index (χ3v) is 3.44. The third kappa shape index (κ3) is 4.24. The Balaban J connectivity index is 1.74. The molecule has 2 rings (SSSR count). The zero-order chi connectivity index (χ0) is 13.5. The minimum absolute atomic E-state index is 0.237. The highest BCUT2D eigenvalue weighted by Gasteiger charge is 2.11. The molecule has 0 atom stereocenters. The van der Waals surface area contributed by atoms with Crippen LogP contribution >= 0.6 is 0 Å². The van der Waals surface area contributed by atoms with E-state index in [1.165, 1.54) is 32.4 Å². The second kappa shape index (κ2) is 7.14. The summed E-state index contributed by atoms with van der Waals surface area (Å²) in [7, 11) is 0. The van der Waals surface area contributed by atoms with Crippen molar-refractivity contribution in [3.63, 3.8) is 0 Å². The van der Waals surface area contributed by atoms with Gasteiger partial charge in [0, 0.05) is 6.54 Å². The van der Waals surface area contributed by atoms with E-state index in [2.05, 4.69) is 4.90 Å². The van der Waals surface area contributed by atoms with E-state index in [9.17, 15) is 4.79 Å². The summed E-state index contributed by atoms with van der Waals surface area (Å²) in [6.07, 6.45) is 4.87. The first-order chi connectivity index (χ1) is 9.27. The number of likely N-dealkylation sites (tertiary alicyclic amines) is 1. The van der Waals surface area contributed by atoms with E-state index in [1.54, 1.807) is 24.3 Å². The van der Waals surface area contributed by atoms with Crippen LogP contribution in [-0.2, 0) is 0 Å². The molecular weight excluding hydrogens is 242 g/mol. The molecule has 19 heavy (non-hydrogen) atoms. The highest BCUT2D eigenvalue weighted by atomic mass is 16.5. The van der Waals surface area contributed by atoms with Crippen LogP contribution in [0.25, 0.3) is 0 Å². The number of benzene rings is 1. The molecule has 1 N–H and O–H groups in total. The zero-order valence-corrected chi connectivity index (χ0v) is 11.2. The molecule has 1 aliphatic heterocycles. The Morgan fingerprint density at radius 1 is 1.21 bits per heavy atom. The quantitative estimate of drug-likeness (QED) is 0.802. The number of nitrogens with zero attached hydrogens (tertiary/aromatic N) is 1. The molecule has 0 spiro atoms. The molecule has 0 amide bonds. The third-order valence-electron chi connectivity index (χ3n) is 3.44. The van der Waals surface area contributed by atoms with Crippen molar-refractivity contribution in [2.24, 2.45) is 0 Å². The predicted octanol–water partition coefficient (Wildman–Crippen LogP) is 2.64. The normalized spacial score (nSPS) is 16.2. The van der Waals surface area contributed by atoms with E-state index in [0.29, 0.717) is 12.4 Å². The minimum atomic E-state index is -0.938. The summed E-state index contributed by atoms with van der Waals surface area (Å²) in [5, 5.41) is 9.04. The monoisotopic (exact) mass is 263 g/mol. The van der Waals surface area contributed by atoms with Crippen molar-refractivity contribution < 1.29 is 14.6 Å². The fourth-order valence-electron chi connectivity index (χ4n) is 2.42. The van der Waals surface area contributed by atoms with Gasteiger partial charge >= 0.3 is 5.97 Å². The molecule has 1 fully saturated rings. The van der Waals surface area contributed by atoms with Crippen LogP contribution in [0.4, 0.5) is 0 Å². The van der Waals surface area contributed by atoms with E-state index in [4.69, 9.17) is 9.84 Å². The average Bonchev–Trinajstić information content (AvgIpc) is 2.45. The van der Waals surface area contributed by atoms with E-state index < -0.39 is 5.97 Å². The molecule has 1 aliphatic rings. The molecule has 0 aliphatic carbocycles. The molecule has 104 valence electrons. The van der Waals surface area contributed by atoms with Gasteiger partial charge in [-0.25, -0.2) is 4.79 Å². The Morgan fingerprint density at radius 2 is 1.95 bits per heavy atom. The first-order valence-corrected chi connectivity index (χ1v) is 6.95. The molecule has 4 heteroatoms. The Hall–Kier alpha value is -1.55. The first-order valence-electron chi connectivity index (χ1n) is 6.95. The van der Waals surface area contributed by atoms with E-state index >= 15 is 0 Å². The number of carboxylic acid groups (broad SMARTS) is 1. The number of para-hydroxylation sites is 1. The van der Waals surface area contributed by atoms with Gasteiger partial charge in [0.25, 0.3) is 0 Å². The van der Waals surface area contributed by atoms with Gasteiger partial charge in [0.1, 0.15) is 11.3 Å². The standard InChI is InChI=1S/C15H21NO3/c17-15(18)13-7-2-3-8-14(13)19-12-6-11-16-9-4-1-5-10-16/h2-3,7-8H,1,4-6,9-12H2,(H,17,18). The molecule has 0 bridgehead atoms. The maximum Gasteiger partial charge on any atom is 0.339 e. The number of carboxylic acids is 1. The van der Waals surface area contributed by atoms with Crippen LogP contribution in [0.5, 0.6) is 5.75 Å². The number of aromatic carboxylic acids is 1. The number of hydrogen-bond acceptors (Lipinski definition) is 3. The number of ether oxygens (including phenoxy) is 1. The van der Waals surface area contributed by atoms with Crippen LogP contribution in [-0.4, -0.2) is 42.2 Å². The van der Waals surface area contributed by atoms with E-state index in [-0.39, 0.29) is 5.56 Å². The molecule has 1 aromatic carbocycles. The highest BCUT2D eigenvalue weighted by molar-refractivity contribution is 5.90. The Bertz CT molecular complexity index is 414. The van der Waals surface area contributed by atoms with Crippen LogP contribution in [0.15, 0.2) is 24.3 Å².